The van der Waals surface area contributed by atoms with Crippen LogP contribution in [-0.4, -0.2) is 4.57 Å². The van der Waals surface area contributed by atoms with Crippen LogP contribution in [0.3, 0.4) is 0 Å². The minimum atomic E-state index is 0.870. The van der Waals surface area contributed by atoms with Gasteiger partial charge in [0.15, 0.2) is 0 Å². The minimum Gasteiger partial charge on any atom is -0.456 e. The van der Waals surface area contributed by atoms with Crippen molar-refractivity contribution < 1.29 is 4.42 Å². The highest BCUT2D eigenvalue weighted by molar-refractivity contribution is 6.10. The van der Waals surface area contributed by atoms with Gasteiger partial charge in [0.1, 0.15) is 11.3 Å². The predicted octanol–water partition coefficient (Wildman–Crippen LogP) is 10.7. The van der Waals surface area contributed by atoms with Crippen LogP contribution in [0.5, 0.6) is 0 Å². The van der Waals surface area contributed by atoms with Crippen LogP contribution in [0.15, 0.2) is 126 Å². The zero-order chi connectivity index (χ0) is 26.9. The molecule has 190 valence electrons. The van der Waals surface area contributed by atoms with E-state index in [2.05, 4.69) is 135 Å². The Kier molecular flexibility index (Phi) is 6.38. The SMILES string of the molecule is C=C/C=C\c1oc2c(-c3ccc(-n4c5ccccc5c5cc(C(/C=C\C)=C/C)ccc54)cc3)cccc2c1C. The van der Waals surface area contributed by atoms with Crippen molar-refractivity contribution in [1.82, 2.24) is 4.57 Å². The van der Waals surface area contributed by atoms with Gasteiger partial charge in [0.2, 0.25) is 0 Å². The smallest absolute Gasteiger partial charge is 0.142 e. The molecule has 2 heteroatoms. The molecule has 0 saturated heterocycles. The number of hydrogen-bond donors (Lipinski definition) is 0. The van der Waals surface area contributed by atoms with E-state index >= 15 is 0 Å². The first kappa shape index (κ1) is 24.5. The monoisotopic (exact) mass is 505 g/mol. The molecule has 0 fully saturated rings. The molecule has 0 amide bonds. The summed E-state index contributed by atoms with van der Waals surface area (Å²) in [6, 6.07) is 30.6. The molecule has 39 heavy (non-hydrogen) atoms. The Labute approximate surface area is 229 Å². The Bertz CT molecular complexity index is 1940. The molecule has 0 bridgehead atoms. The summed E-state index contributed by atoms with van der Waals surface area (Å²) in [5.41, 5.74) is 10.3. The second kappa shape index (κ2) is 10.2. The van der Waals surface area contributed by atoms with Crippen molar-refractivity contribution in [3.63, 3.8) is 0 Å². The first-order valence-corrected chi connectivity index (χ1v) is 13.4. The van der Waals surface area contributed by atoms with Gasteiger partial charge in [-0.3, -0.25) is 0 Å². The lowest BCUT2D eigenvalue weighted by atomic mass is 10.0. The lowest BCUT2D eigenvalue weighted by Crippen LogP contribution is -1.94. The van der Waals surface area contributed by atoms with Gasteiger partial charge in [0, 0.05) is 33.0 Å². The fraction of sp³-hybridized carbons (Fsp3) is 0.0811. The van der Waals surface area contributed by atoms with Crippen LogP contribution >= 0.6 is 0 Å². The largest absolute Gasteiger partial charge is 0.456 e. The van der Waals surface area contributed by atoms with Crippen molar-refractivity contribution in [3.05, 3.63) is 139 Å². The van der Waals surface area contributed by atoms with E-state index in [4.69, 9.17) is 4.42 Å². The van der Waals surface area contributed by atoms with Gasteiger partial charge in [-0.1, -0.05) is 91.6 Å². The van der Waals surface area contributed by atoms with Crippen LogP contribution in [0.1, 0.15) is 30.7 Å². The fourth-order valence-corrected chi connectivity index (χ4v) is 5.56. The second-order valence-electron chi connectivity index (χ2n) is 9.74. The zero-order valence-electron chi connectivity index (χ0n) is 22.6. The summed E-state index contributed by atoms with van der Waals surface area (Å²) in [7, 11) is 0. The highest BCUT2D eigenvalue weighted by Gasteiger charge is 2.15. The highest BCUT2D eigenvalue weighted by Crippen LogP contribution is 2.37. The first-order chi connectivity index (χ1) is 19.1. The van der Waals surface area contributed by atoms with Gasteiger partial charge in [0.25, 0.3) is 0 Å². The van der Waals surface area contributed by atoms with Crippen molar-refractivity contribution >= 4 is 44.4 Å². The summed E-state index contributed by atoms with van der Waals surface area (Å²) in [6.07, 6.45) is 12.1. The number of aryl methyl sites for hydroxylation is 1. The lowest BCUT2D eigenvalue weighted by molar-refractivity contribution is 0.602. The van der Waals surface area contributed by atoms with E-state index in [0.29, 0.717) is 0 Å². The fourth-order valence-electron chi connectivity index (χ4n) is 5.56. The van der Waals surface area contributed by atoms with Crippen LogP contribution < -0.4 is 0 Å². The molecule has 0 aliphatic carbocycles. The van der Waals surface area contributed by atoms with Crippen molar-refractivity contribution in [2.24, 2.45) is 0 Å². The molecule has 0 spiro atoms. The summed E-state index contributed by atoms with van der Waals surface area (Å²) in [4.78, 5) is 0. The molecular weight excluding hydrogens is 474 g/mol. The molecular formula is C37H31NO. The predicted molar refractivity (Wildman–Crippen MR) is 168 cm³/mol. The summed E-state index contributed by atoms with van der Waals surface area (Å²) in [5, 5.41) is 3.65. The zero-order valence-corrected chi connectivity index (χ0v) is 22.6. The molecule has 0 radical (unpaired) electrons. The second-order valence-corrected chi connectivity index (χ2v) is 9.74. The molecule has 0 aliphatic rings. The molecule has 2 nitrogen and oxygen atoms in total. The van der Waals surface area contributed by atoms with E-state index in [9.17, 15) is 0 Å². The highest BCUT2D eigenvalue weighted by atomic mass is 16.3. The summed E-state index contributed by atoms with van der Waals surface area (Å²) >= 11 is 0. The van der Waals surface area contributed by atoms with Gasteiger partial charge in [-0.15, -0.1) is 0 Å². The number of para-hydroxylation sites is 2. The third-order valence-electron chi connectivity index (χ3n) is 7.48. The Morgan fingerprint density at radius 2 is 1.59 bits per heavy atom. The maximum atomic E-state index is 6.31. The number of allylic oxidation sites excluding steroid dienone is 6. The molecule has 6 aromatic rings. The Hall–Kier alpha value is -4.82. The maximum Gasteiger partial charge on any atom is 0.142 e. The first-order valence-electron chi connectivity index (χ1n) is 13.4. The molecule has 0 N–H and O–H groups in total. The Balaban J connectivity index is 1.48. The summed E-state index contributed by atoms with van der Waals surface area (Å²) in [6.45, 7) is 10.0. The van der Waals surface area contributed by atoms with Crippen molar-refractivity contribution in [3.8, 4) is 16.8 Å². The van der Waals surface area contributed by atoms with Gasteiger partial charge < -0.3 is 8.98 Å². The Morgan fingerprint density at radius 1 is 0.821 bits per heavy atom. The average molecular weight is 506 g/mol. The van der Waals surface area contributed by atoms with E-state index < -0.39 is 0 Å². The minimum absolute atomic E-state index is 0.870. The van der Waals surface area contributed by atoms with E-state index in [0.717, 1.165) is 39.1 Å². The van der Waals surface area contributed by atoms with Crippen LogP contribution in [0.4, 0.5) is 0 Å². The van der Waals surface area contributed by atoms with Gasteiger partial charge in [-0.05, 0) is 73.9 Å². The molecule has 0 aliphatic heterocycles. The quantitative estimate of drug-likeness (QED) is 0.206. The standard InChI is InChI=1S/C37H31NO/c1-5-8-17-36-25(4)30-14-11-15-31(37(30)39-36)27-18-21-29(22-19-27)38-34-16-10-9-13-32(34)33-24-28(20-23-35(33)38)26(7-3)12-6-2/h5-24H,1H2,2-4H3/b12-6-,17-8-,26-7+. The molecule has 0 unspecified atom stereocenters. The number of benzene rings is 4. The van der Waals surface area contributed by atoms with Crippen molar-refractivity contribution in [1.29, 1.82) is 0 Å². The number of furan rings is 1. The van der Waals surface area contributed by atoms with Crippen LogP contribution in [-0.2, 0) is 0 Å². The molecule has 2 aromatic heterocycles. The molecule has 4 aromatic carbocycles. The molecule has 6 rings (SSSR count). The number of hydrogen-bond acceptors (Lipinski definition) is 1. The van der Waals surface area contributed by atoms with Gasteiger partial charge in [0.05, 0.1) is 11.0 Å². The van der Waals surface area contributed by atoms with E-state index in [1.807, 2.05) is 12.2 Å². The normalized spacial score (nSPS) is 12.5. The third kappa shape index (κ3) is 4.15. The number of fused-ring (bicyclic) bond motifs is 4. The number of rotatable bonds is 6. The Morgan fingerprint density at radius 3 is 2.36 bits per heavy atom. The molecule has 2 heterocycles. The van der Waals surface area contributed by atoms with E-state index in [-0.39, 0.29) is 0 Å². The van der Waals surface area contributed by atoms with Gasteiger partial charge in [-0.25, -0.2) is 0 Å². The third-order valence-corrected chi connectivity index (χ3v) is 7.48. The van der Waals surface area contributed by atoms with Crippen molar-refractivity contribution in [2.75, 3.05) is 0 Å². The maximum absolute atomic E-state index is 6.31. The summed E-state index contributed by atoms with van der Waals surface area (Å²) in [5.74, 6) is 0.870. The van der Waals surface area contributed by atoms with E-state index in [1.54, 1.807) is 6.08 Å². The topological polar surface area (TPSA) is 18.1 Å². The van der Waals surface area contributed by atoms with Crippen molar-refractivity contribution in [2.45, 2.75) is 20.8 Å². The average Bonchev–Trinajstić information content (AvgIpc) is 3.49. The van der Waals surface area contributed by atoms with E-state index in [1.165, 1.54) is 32.9 Å². The lowest BCUT2D eigenvalue weighted by Gasteiger charge is -2.10. The van der Waals surface area contributed by atoms with Gasteiger partial charge >= 0.3 is 0 Å². The summed E-state index contributed by atoms with van der Waals surface area (Å²) < 4.78 is 8.67. The molecule has 0 atom stereocenters. The van der Waals surface area contributed by atoms with Crippen LogP contribution in [0, 0.1) is 6.92 Å². The number of nitrogens with zero attached hydrogens (tertiary/aromatic N) is 1. The van der Waals surface area contributed by atoms with Gasteiger partial charge in [-0.2, -0.15) is 0 Å². The van der Waals surface area contributed by atoms with Crippen LogP contribution in [0.25, 0.3) is 61.2 Å². The molecule has 0 saturated carbocycles. The van der Waals surface area contributed by atoms with Crippen LogP contribution in [0.2, 0.25) is 0 Å². The number of aromatic nitrogens is 1.